The van der Waals surface area contributed by atoms with E-state index in [9.17, 15) is 10.1 Å². The first-order valence-electron chi connectivity index (χ1n) is 5.78. The highest BCUT2D eigenvalue weighted by molar-refractivity contribution is 5.53. The van der Waals surface area contributed by atoms with Crippen LogP contribution in [0.5, 0.6) is 11.6 Å². The molecule has 0 aliphatic heterocycles. The van der Waals surface area contributed by atoms with E-state index in [-0.39, 0.29) is 17.4 Å². The molecule has 0 atom stereocenters. The van der Waals surface area contributed by atoms with Gasteiger partial charge in [0, 0.05) is 12.1 Å². The standard InChI is InChI=1S/C13H13N3O3/c1-2-9-3-5-10(6-4-9)19-12-8-7-11(16(17)18)13(14)15-12/h3-8H,2H2,1H3,(H2,14,15). The van der Waals surface area contributed by atoms with E-state index in [0.717, 1.165) is 6.42 Å². The second kappa shape index (κ2) is 5.34. The van der Waals surface area contributed by atoms with Crippen LogP contribution in [0.2, 0.25) is 0 Å². The molecule has 0 amide bonds. The minimum absolute atomic E-state index is 0.160. The summed E-state index contributed by atoms with van der Waals surface area (Å²) in [5.41, 5.74) is 6.46. The van der Waals surface area contributed by atoms with Crippen LogP contribution in [-0.2, 0) is 6.42 Å². The number of benzene rings is 1. The van der Waals surface area contributed by atoms with E-state index in [2.05, 4.69) is 11.9 Å². The van der Waals surface area contributed by atoms with Gasteiger partial charge in [-0.1, -0.05) is 19.1 Å². The fourth-order valence-electron chi connectivity index (χ4n) is 1.57. The summed E-state index contributed by atoms with van der Waals surface area (Å²) < 4.78 is 5.48. The van der Waals surface area contributed by atoms with E-state index in [1.54, 1.807) is 0 Å². The maximum atomic E-state index is 10.6. The first kappa shape index (κ1) is 12.8. The van der Waals surface area contributed by atoms with Crippen LogP contribution in [0.4, 0.5) is 11.5 Å². The highest BCUT2D eigenvalue weighted by atomic mass is 16.6. The van der Waals surface area contributed by atoms with Gasteiger partial charge >= 0.3 is 5.69 Å². The number of hydrogen-bond donors (Lipinski definition) is 1. The van der Waals surface area contributed by atoms with Gasteiger partial charge in [-0.25, -0.2) is 0 Å². The lowest BCUT2D eigenvalue weighted by Gasteiger charge is -2.06. The Kier molecular flexibility index (Phi) is 3.61. The van der Waals surface area contributed by atoms with Gasteiger partial charge in [-0.05, 0) is 24.1 Å². The van der Waals surface area contributed by atoms with Crippen molar-refractivity contribution in [1.29, 1.82) is 0 Å². The molecule has 0 radical (unpaired) electrons. The molecule has 2 aromatic rings. The summed E-state index contributed by atoms with van der Waals surface area (Å²) in [6.45, 7) is 2.06. The first-order valence-corrected chi connectivity index (χ1v) is 5.78. The predicted molar refractivity (Wildman–Crippen MR) is 71.2 cm³/mol. The van der Waals surface area contributed by atoms with E-state index < -0.39 is 4.92 Å². The normalized spacial score (nSPS) is 10.2. The van der Waals surface area contributed by atoms with Crippen molar-refractivity contribution in [2.24, 2.45) is 0 Å². The fourth-order valence-corrected chi connectivity index (χ4v) is 1.57. The minimum atomic E-state index is -0.581. The number of aryl methyl sites for hydroxylation is 1. The van der Waals surface area contributed by atoms with E-state index in [1.807, 2.05) is 24.3 Å². The second-order valence-corrected chi connectivity index (χ2v) is 3.91. The van der Waals surface area contributed by atoms with Gasteiger partial charge < -0.3 is 10.5 Å². The Morgan fingerprint density at radius 3 is 2.47 bits per heavy atom. The molecular formula is C13H13N3O3. The summed E-state index contributed by atoms with van der Waals surface area (Å²) in [5.74, 6) is 0.679. The van der Waals surface area contributed by atoms with Crippen molar-refractivity contribution in [2.75, 3.05) is 5.73 Å². The molecule has 1 heterocycles. The van der Waals surface area contributed by atoms with Crippen molar-refractivity contribution in [3.05, 3.63) is 52.1 Å². The molecule has 0 unspecified atom stereocenters. The van der Waals surface area contributed by atoms with Crippen LogP contribution in [0.15, 0.2) is 36.4 Å². The van der Waals surface area contributed by atoms with Crippen LogP contribution in [0.25, 0.3) is 0 Å². The van der Waals surface area contributed by atoms with Gasteiger partial charge in [-0.2, -0.15) is 4.98 Å². The zero-order chi connectivity index (χ0) is 13.8. The topological polar surface area (TPSA) is 91.3 Å². The Labute approximate surface area is 110 Å². The van der Waals surface area contributed by atoms with Crippen LogP contribution in [0.3, 0.4) is 0 Å². The molecule has 2 N–H and O–H groups in total. The Morgan fingerprint density at radius 1 is 1.26 bits per heavy atom. The largest absolute Gasteiger partial charge is 0.439 e. The van der Waals surface area contributed by atoms with Gasteiger partial charge in [0.1, 0.15) is 5.75 Å². The molecular weight excluding hydrogens is 246 g/mol. The molecule has 1 aromatic carbocycles. The van der Waals surface area contributed by atoms with Crippen molar-refractivity contribution >= 4 is 11.5 Å². The van der Waals surface area contributed by atoms with Gasteiger partial charge in [0.15, 0.2) is 0 Å². The Balaban J connectivity index is 2.18. The molecule has 6 nitrogen and oxygen atoms in total. The number of nitro groups is 1. The molecule has 0 aliphatic carbocycles. The summed E-state index contributed by atoms with van der Waals surface area (Å²) in [5, 5.41) is 10.6. The molecule has 0 spiro atoms. The number of aromatic nitrogens is 1. The zero-order valence-electron chi connectivity index (χ0n) is 10.4. The molecule has 0 fully saturated rings. The van der Waals surface area contributed by atoms with E-state index in [4.69, 9.17) is 10.5 Å². The van der Waals surface area contributed by atoms with Crippen molar-refractivity contribution in [1.82, 2.24) is 4.98 Å². The second-order valence-electron chi connectivity index (χ2n) is 3.91. The maximum Gasteiger partial charge on any atom is 0.311 e. The Morgan fingerprint density at radius 2 is 1.95 bits per heavy atom. The maximum absolute atomic E-state index is 10.6. The van der Waals surface area contributed by atoms with Crippen LogP contribution in [0, 0.1) is 10.1 Å². The zero-order valence-corrected chi connectivity index (χ0v) is 10.4. The first-order chi connectivity index (χ1) is 9.10. The fraction of sp³-hybridized carbons (Fsp3) is 0.154. The van der Waals surface area contributed by atoms with Crippen LogP contribution in [-0.4, -0.2) is 9.91 Å². The number of nitrogens with two attached hydrogens (primary N) is 1. The quantitative estimate of drug-likeness (QED) is 0.673. The van der Waals surface area contributed by atoms with Crippen LogP contribution >= 0.6 is 0 Å². The number of ether oxygens (including phenoxy) is 1. The number of pyridine rings is 1. The van der Waals surface area contributed by atoms with Gasteiger partial charge in [0.2, 0.25) is 11.7 Å². The molecule has 2 rings (SSSR count). The van der Waals surface area contributed by atoms with E-state index in [0.29, 0.717) is 5.75 Å². The summed E-state index contributed by atoms with van der Waals surface area (Å²) >= 11 is 0. The average molecular weight is 259 g/mol. The Bertz CT molecular complexity index is 597. The van der Waals surface area contributed by atoms with Gasteiger partial charge in [-0.3, -0.25) is 10.1 Å². The van der Waals surface area contributed by atoms with Gasteiger partial charge in [-0.15, -0.1) is 0 Å². The summed E-state index contributed by atoms with van der Waals surface area (Å²) in [7, 11) is 0. The molecule has 0 saturated heterocycles. The smallest absolute Gasteiger partial charge is 0.311 e. The monoisotopic (exact) mass is 259 g/mol. The third-order valence-electron chi connectivity index (χ3n) is 2.63. The highest BCUT2D eigenvalue weighted by Gasteiger charge is 2.13. The Hall–Kier alpha value is -2.63. The molecule has 6 heteroatoms. The summed E-state index contributed by atoms with van der Waals surface area (Å²) in [4.78, 5) is 13.9. The van der Waals surface area contributed by atoms with Crippen molar-refractivity contribution in [3.8, 4) is 11.6 Å². The lowest BCUT2D eigenvalue weighted by molar-refractivity contribution is -0.384. The number of nitrogens with zero attached hydrogens (tertiary/aromatic N) is 2. The van der Waals surface area contributed by atoms with Crippen molar-refractivity contribution in [2.45, 2.75) is 13.3 Å². The lowest BCUT2D eigenvalue weighted by Crippen LogP contribution is -1.99. The number of anilines is 1. The van der Waals surface area contributed by atoms with Crippen molar-refractivity contribution in [3.63, 3.8) is 0 Å². The van der Waals surface area contributed by atoms with Gasteiger partial charge in [0.05, 0.1) is 4.92 Å². The molecule has 19 heavy (non-hydrogen) atoms. The average Bonchev–Trinajstić information content (AvgIpc) is 2.39. The van der Waals surface area contributed by atoms with E-state index in [1.165, 1.54) is 17.7 Å². The lowest BCUT2D eigenvalue weighted by atomic mass is 10.2. The molecule has 98 valence electrons. The number of nitrogen functional groups attached to an aromatic ring is 1. The van der Waals surface area contributed by atoms with E-state index >= 15 is 0 Å². The molecule has 0 bridgehead atoms. The molecule has 1 aromatic heterocycles. The minimum Gasteiger partial charge on any atom is -0.439 e. The summed E-state index contributed by atoms with van der Waals surface area (Å²) in [6, 6.07) is 10.2. The molecule has 0 aliphatic rings. The van der Waals surface area contributed by atoms with Crippen LogP contribution in [0.1, 0.15) is 12.5 Å². The van der Waals surface area contributed by atoms with Gasteiger partial charge in [0.25, 0.3) is 0 Å². The third-order valence-corrected chi connectivity index (χ3v) is 2.63. The number of hydrogen-bond acceptors (Lipinski definition) is 5. The highest BCUT2D eigenvalue weighted by Crippen LogP contribution is 2.25. The number of rotatable bonds is 4. The van der Waals surface area contributed by atoms with Crippen LogP contribution < -0.4 is 10.5 Å². The third kappa shape index (κ3) is 2.98. The SMILES string of the molecule is CCc1ccc(Oc2ccc([N+](=O)[O-])c(N)n2)cc1. The predicted octanol–water partition coefficient (Wildman–Crippen LogP) is 2.93. The molecule has 0 saturated carbocycles. The van der Waals surface area contributed by atoms with Crippen molar-refractivity contribution < 1.29 is 9.66 Å². The summed E-state index contributed by atoms with van der Waals surface area (Å²) in [6.07, 6.45) is 0.947.